The number of carbonyl (C=O) groups is 1. The summed E-state index contributed by atoms with van der Waals surface area (Å²) in [6.45, 7) is 2.51. The van der Waals surface area contributed by atoms with Crippen molar-refractivity contribution in [2.45, 2.75) is 18.6 Å². The predicted octanol–water partition coefficient (Wildman–Crippen LogP) is 1.21. The Bertz CT molecular complexity index is 538. The molecule has 0 fully saturated rings. The van der Waals surface area contributed by atoms with Crippen molar-refractivity contribution < 1.29 is 9.90 Å². The second-order valence-electron chi connectivity index (χ2n) is 3.73. The molecular formula is C11H12N4O2S. The number of aliphatic carboxylic acids is 1. The molecule has 0 saturated heterocycles. The lowest BCUT2D eigenvalue weighted by Gasteiger charge is -2.05. The molecule has 0 aliphatic heterocycles. The first-order chi connectivity index (χ1) is 8.65. The van der Waals surface area contributed by atoms with Gasteiger partial charge in [-0.3, -0.25) is 9.78 Å². The summed E-state index contributed by atoms with van der Waals surface area (Å²) in [5.41, 5.74) is 1.99. The molecule has 0 spiro atoms. The van der Waals surface area contributed by atoms with Crippen molar-refractivity contribution in [1.82, 2.24) is 19.7 Å². The maximum atomic E-state index is 10.5. The number of aryl methyl sites for hydroxylation is 1. The average molecular weight is 264 g/mol. The second-order valence-corrected chi connectivity index (χ2v) is 4.67. The van der Waals surface area contributed by atoms with Gasteiger partial charge >= 0.3 is 5.97 Å². The van der Waals surface area contributed by atoms with Crippen molar-refractivity contribution in [2.24, 2.45) is 0 Å². The fourth-order valence-corrected chi connectivity index (χ4v) is 2.01. The van der Waals surface area contributed by atoms with Crippen LogP contribution in [0.15, 0.2) is 29.8 Å². The van der Waals surface area contributed by atoms with Crippen LogP contribution in [-0.2, 0) is 11.3 Å². The van der Waals surface area contributed by atoms with Gasteiger partial charge in [0.2, 0.25) is 0 Å². The van der Waals surface area contributed by atoms with Crippen molar-refractivity contribution in [1.29, 1.82) is 0 Å². The van der Waals surface area contributed by atoms with E-state index in [1.165, 1.54) is 0 Å². The zero-order valence-corrected chi connectivity index (χ0v) is 10.6. The van der Waals surface area contributed by atoms with E-state index in [4.69, 9.17) is 5.11 Å². The third kappa shape index (κ3) is 3.30. The minimum Gasteiger partial charge on any atom is -0.481 e. The van der Waals surface area contributed by atoms with Crippen LogP contribution in [0.25, 0.3) is 0 Å². The molecular weight excluding hydrogens is 252 g/mol. The van der Waals surface area contributed by atoms with Gasteiger partial charge in [-0.25, -0.2) is 0 Å². The number of nitrogens with zero attached hydrogens (tertiary/aromatic N) is 4. The molecule has 2 aromatic rings. The van der Waals surface area contributed by atoms with Gasteiger partial charge in [0, 0.05) is 11.9 Å². The third-order valence-corrected chi connectivity index (χ3v) is 3.20. The molecule has 1 N–H and O–H groups in total. The van der Waals surface area contributed by atoms with Crippen molar-refractivity contribution in [3.05, 3.63) is 35.9 Å². The van der Waals surface area contributed by atoms with E-state index in [2.05, 4.69) is 15.2 Å². The quantitative estimate of drug-likeness (QED) is 0.817. The molecule has 6 nitrogen and oxygen atoms in total. The Morgan fingerprint density at radius 3 is 3.00 bits per heavy atom. The topological polar surface area (TPSA) is 80.9 Å². The molecule has 0 saturated carbocycles. The number of carboxylic acids is 1. The number of rotatable bonds is 5. The highest BCUT2D eigenvalue weighted by Crippen LogP contribution is 2.15. The zero-order chi connectivity index (χ0) is 13.0. The maximum Gasteiger partial charge on any atom is 0.313 e. The van der Waals surface area contributed by atoms with E-state index in [1.54, 1.807) is 17.1 Å². The average Bonchev–Trinajstić information content (AvgIpc) is 2.77. The van der Waals surface area contributed by atoms with Gasteiger partial charge in [-0.15, -0.1) is 10.2 Å². The van der Waals surface area contributed by atoms with E-state index in [9.17, 15) is 4.79 Å². The number of aromatic nitrogens is 4. The Hall–Kier alpha value is -1.89. The molecule has 7 heteroatoms. The monoisotopic (exact) mass is 264 g/mol. The standard InChI is InChI=1S/C11H12N4O2S/c1-8-2-3-9(4-12-8)5-15-7-13-14-11(15)18-6-10(16)17/h2-4,7H,5-6H2,1H3,(H,16,17). The number of thioether (sulfide) groups is 1. The summed E-state index contributed by atoms with van der Waals surface area (Å²) >= 11 is 1.15. The highest BCUT2D eigenvalue weighted by atomic mass is 32.2. The highest BCUT2D eigenvalue weighted by molar-refractivity contribution is 7.99. The number of carboxylic acid groups (broad SMARTS) is 1. The molecule has 94 valence electrons. The van der Waals surface area contributed by atoms with Crippen LogP contribution >= 0.6 is 11.8 Å². The second kappa shape index (κ2) is 5.63. The summed E-state index contributed by atoms with van der Waals surface area (Å²) in [7, 11) is 0. The lowest BCUT2D eigenvalue weighted by molar-refractivity contribution is -0.133. The van der Waals surface area contributed by atoms with Gasteiger partial charge < -0.3 is 9.67 Å². The lowest BCUT2D eigenvalue weighted by Crippen LogP contribution is -2.04. The first-order valence-corrected chi connectivity index (χ1v) is 6.27. The summed E-state index contributed by atoms with van der Waals surface area (Å²) in [6, 6.07) is 3.91. The summed E-state index contributed by atoms with van der Waals surface area (Å²) in [6.07, 6.45) is 3.38. The minimum atomic E-state index is -0.869. The molecule has 0 atom stereocenters. The fraction of sp³-hybridized carbons (Fsp3) is 0.273. The molecule has 0 unspecified atom stereocenters. The normalized spacial score (nSPS) is 10.5. The van der Waals surface area contributed by atoms with E-state index < -0.39 is 5.97 Å². The summed E-state index contributed by atoms with van der Waals surface area (Å²) < 4.78 is 1.81. The molecule has 0 bridgehead atoms. The Balaban J connectivity index is 2.07. The van der Waals surface area contributed by atoms with Crippen molar-refractivity contribution in [2.75, 3.05) is 5.75 Å². The third-order valence-electron chi connectivity index (χ3n) is 2.23. The molecule has 2 heterocycles. The number of hydrogen-bond donors (Lipinski definition) is 1. The highest BCUT2D eigenvalue weighted by Gasteiger charge is 2.08. The van der Waals surface area contributed by atoms with Gasteiger partial charge in [-0.05, 0) is 18.6 Å². The Morgan fingerprint density at radius 2 is 2.33 bits per heavy atom. The zero-order valence-electron chi connectivity index (χ0n) is 9.78. The summed E-state index contributed by atoms with van der Waals surface area (Å²) in [4.78, 5) is 14.7. The Morgan fingerprint density at radius 1 is 1.50 bits per heavy atom. The smallest absolute Gasteiger partial charge is 0.313 e. The van der Waals surface area contributed by atoms with Crippen LogP contribution in [0.3, 0.4) is 0 Å². The molecule has 2 rings (SSSR count). The van der Waals surface area contributed by atoms with Crippen LogP contribution in [0.1, 0.15) is 11.3 Å². The molecule has 0 amide bonds. The molecule has 2 aromatic heterocycles. The van der Waals surface area contributed by atoms with Crippen LogP contribution < -0.4 is 0 Å². The van der Waals surface area contributed by atoms with Crippen LogP contribution in [0.2, 0.25) is 0 Å². The largest absolute Gasteiger partial charge is 0.481 e. The molecule has 0 aromatic carbocycles. The van der Waals surface area contributed by atoms with Gasteiger partial charge in [0.05, 0.1) is 12.3 Å². The molecule has 0 aliphatic rings. The van der Waals surface area contributed by atoms with Gasteiger partial charge in [-0.1, -0.05) is 17.8 Å². The van der Waals surface area contributed by atoms with Crippen LogP contribution in [-0.4, -0.2) is 36.6 Å². The van der Waals surface area contributed by atoms with Gasteiger partial charge in [0.25, 0.3) is 0 Å². The van der Waals surface area contributed by atoms with Crippen molar-refractivity contribution in [3.8, 4) is 0 Å². The van der Waals surface area contributed by atoms with E-state index >= 15 is 0 Å². The van der Waals surface area contributed by atoms with Crippen LogP contribution in [0, 0.1) is 6.92 Å². The molecule has 0 aliphatic carbocycles. The molecule has 0 radical (unpaired) electrons. The minimum absolute atomic E-state index is 0.0230. The maximum absolute atomic E-state index is 10.5. The fourth-order valence-electron chi connectivity index (χ4n) is 1.38. The first-order valence-electron chi connectivity index (χ1n) is 5.29. The summed E-state index contributed by atoms with van der Waals surface area (Å²) in [5, 5.41) is 16.9. The predicted molar refractivity (Wildman–Crippen MR) is 66.5 cm³/mol. The lowest BCUT2D eigenvalue weighted by atomic mass is 10.2. The van der Waals surface area contributed by atoms with Crippen molar-refractivity contribution >= 4 is 17.7 Å². The summed E-state index contributed by atoms with van der Waals surface area (Å²) in [5.74, 6) is -0.892. The SMILES string of the molecule is Cc1ccc(Cn2cnnc2SCC(=O)O)cn1. The number of pyridine rings is 1. The van der Waals surface area contributed by atoms with Gasteiger partial charge in [0.15, 0.2) is 5.16 Å². The van der Waals surface area contributed by atoms with Gasteiger partial charge in [0.1, 0.15) is 6.33 Å². The van der Waals surface area contributed by atoms with E-state index in [-0.39, 0.29) is 5.75 Å². The Kier molecular flexibility index (Phi) is 3.93. The van der Waals surface area contributed by atoms with Crippen LogP contribution in [0.4, 0.5) is 0 Å². The van der Waals surface area contributed by atoms with E-state index in [0.717, 1.165) is 23.0 Å². The molecule has 18 heavy (non-hydrogen) atoms. The Labute approximate surface area is 108 Å². The van der Waals surface area contributed by atoms with E-state index in [1.807, 2.05) is 19.1 Å². The van der Waals surface area contributed by atoms with Gasteiger partial charge in [-0.2, -0.15) is 0 Å². The number of hydrogen-bond acceptors (Lipinski definition) is 5. The van der Waals surface area contributed by atoms with Crippen molar-refractivity contribution in [3.63, 3.8) is 0 Å². The van der Waals surface area contributed by atoms with Crippen LogP contribution in [0.5, 0.6) is 0 Å². The first kappa shape index (κ1) is 12.6. The van der Waals surface area contributed by atoms with E-state index in [0.29, 0.717) is 11.7 Å².